The lowest BCUT2D eigenvalue weighted by Crippen LogP contribution is -2.23. The fourth-order valence-corrected chi connectivity index (χ4v) is 3.62. The van der Waals surface area contributed by atoms with Gasteiger partial charge in [0.15, 0.2) is 5.43 Å². The van der Waals surface area contributed by atoms with Gasteiger partial charge in [0.05, 0.1) is 6.42 Å². The summed E-state index contributed by atoms with van der Waals surface area (Å²) in [7, 11) is 0. The van der Waals surface area contributed by atoms with Crippen LogP contribution in [0.4, 0.5) is 5.69 Å². The van der Waals surface area contributed by atoms with E-state index in [4.69, 9.17) is 0 Å². The second-order valence-corrected chi connectivity index (χ2v) is 9.83. The van der Waals surface area contributed by atoms with Crippen LogP contribution in [0.1, 0.15) is 58.2 Å². The van der Waals surface area contributed by atoms with Crippen molar-refractivity contribution in [2.75, 3.05) is 5.32 Å². The predicted octanol–water partition coefficient (Wildman–Crippen LogP) is 5.01. The summed E-state index contributed by atoms with van der Waals surface area (Å²) in [4.78, 5) is 28.6. The average Bonchev–Trinajstić information content (AvgIpc) is 2.62. The number of H-pyrrole nitrogens is 1. The molecule has 5 nitrogen and oxygen atoms in total. The van der Waals surface area contributed by atoms with Crippen molar-refractivity contribution in [3.63, 3.8) is 0 Å². The number of hydrogen-bond acceptors (Lipinski definition) is 3. The van der Waals surface area contributed by atoms with E-state index < -0.39 is 0 Å². The topological polar surface area (TPSA) is 82.2 Å². The quantitative estimate of drug-likeness (QED) is 0.572. The summed E-state index contributed by atoms with van der Waals surface area (Å²) in [6.45, 7) is 12.3. The molecule has 1 aromatic heterocycles. The number of pyridine rings is 1. The molecule has 0 fully saturated rings. The van der Waals surface area contributed by atoms with Gasteiger partial charge in [0.25, 0.3) is 0 Å². The van der Waals surface area contributed by atoms with E-state index in [0.29, 0.717) is 16.6 Å². The van der Waals surface area contributed by atoms with Crippen LogP contribution in [0, 0.1) is 0 Å². The molecule has 1 amide bonds. The Hall–Kier alpha value is -3.08. The van der Waals surface area contributed by atoms with E-state index in [1.54, 1.807) is 24.4 Å². The Morgan fingerprint density at radius 3 is 2.27 bits per heavy atom. The number of benzene rings is 2. The van der Waals surface area contributed by atoms with E-state index >= 15 is 0 Å². The molecule has 0 atom stereocenters. The molecule has 0 aliphatic heterocycles. The molecule has 0 saturated heterocycles. The van der Waals surface area contributed by atoms with Crippen molar-refractivity contribution in [2.24, 2.45) is 0 Å². The Morgan fingerprint density at radius 1 is 1.00 bits per heavy atom. The van der Waals surface area contributed by atoms with Crippen LogP contribution >= 0.6 is 0 Å². The number of aromatic nitrogens is 1. The van der Waals surface area contributed by atoms with Crippen LogP contribution in [0.3, 0.4) is 0 Å². The van der Waals surface area contributed by atoms with E-state index in [0.717, 1.165) is 16.6 Å². The van der Waals surface area contributed by atoms with Crippen LogP contribution in [0.15, 0.2) is 47.4 Å². The van der Waals surface area contributed by atoms with Crippen molar-refractivity contribution < 1.29 is 9.90 Å². The number of carbonyl (C=O) groups is 1. The van der Waals surface area contributed by atoms with Crippen molar-refractivity contribution >= 4 is 22.5 Å². The minimum Gasteiger partial charge on any atom is -0.508 e. The molecule has 3 aromatic rings. The van der Waals surface area contributed by atoms with Crippen LogP contribution in [0.2, 0.25) is 0 Å². The molecule has 1 heterocycles. The molecule has 5 heteroatoms. The lowest BCUT2D eigenvalue weighted by Gasteiger charge is -2.28. The summed E-state index contributed by atoms with van der Waals surface area (Å²) in [6.07, 6.45) is 1.54. The molecular weight excluding hydrogens is 376 g/mol. The Morgan fingerprint density at radius 2 is 1.63 bits per heavy atom. The summed E-state index contributed by atoms with van der Waals surface area (Å²) < 4.78 is 0. The van der Waals surface area contributed by atoms with Gasteiger partial charge in [0.2, 0.25) is 5.91 Å². The van der Waals surface area contributed by atoms with Gasteiger partial charge in [-0.2, -0.15) is 0 Å². The maximum Gasteiger partial charge on any atom is 0.229 e. The SMILES string of the molecule is CC(C)(C)c1cc(C(C)(C)C)c(NC(=O)Cc2c[nH]c3ccccc3c2=O)cc1O. The van der Waals surface area contributed by atoms with Crippen molar-refractivity contribution in [2.45, 2.75) is 58.8 Å². The second kappa shape index (κ2) is 7.63. The van der Waals surface area contributed by atoms with Crippen LogP contribution in [-0.4, -0.2) is 16.0 Å². The number of aromatic amines is 1. The molecular formula is C25H30N2O3. The number of fused-ring (bicyclic) bond motifs is 1. The zero-order valence-electron chi connectivity index (χ0n) is 18.5. The number of phenols is 1. The van der Waals surface area contributed by atoms with E-state index in [-0.39, 0.29) is 34.3 Å². The number of carbonyl (C=O) groups excluding carboxylic acids is 1. The predicted molar refractivity (Wildman–Crippen MR) is 122 cm³/mol. The third kappa shape index (κ3) is 4.40. The molecule has 0 aliphatic rings. The van der Waals surface area contributed by atoms with Crippen molar-refractivity contribution in [3.05, 3.63) is 69.5 Å². The molecule has 3 N–H and O–H groups in total. The first kappa shape index (κ1) is 21.6. The molecule has 0 aliphatic carbocycles. The third-order valence-corrected chi connectivity index (χ3v) is 5.24. The number of amides is 1. The fourth-order valence-electron chi connectivity index (χ4n) is 3.62. The minimum atomic E-state index is -0.302. The zero-order chi connectivity index (χ0) is 22.3. The monoisotopic (exact) mass is 406 g/mol. The molecule has 2 aromatic carbocycles. The molecule has 0 saturated carbocycles. The molecule has 3 rings (SSSR count). The summed E-state index contributed by atoms with van der Waals surface area (Å²) in [5.41, 5.74) is 2.85. The van der Waals surface area contributed by atoms with Gasteiger partial charge in [0.1, 0.15) is 5.75 Å². The smallest absolute Gasteiger partial charge is 0.229 e. The summed E-state index contributed by atoms with van der Waals surface area (Å²) >= 11 is 0. The van der Waals surface area contributed by atoms with E-state index in [1.165, 1.54) is 0 Å². The molecule has 0 unspecified atom stereocenters. The van der Waals surface area contributed by atoms with Gasteiger partial charge in [0, 0.05) is 34.4 Å². The lowest BCUT2D eigenvalue weighted by molar-refractivity contribution is -0.115. The first-order valence-corrected chi connectivity index (χ1v) is 10.1. The van der Waals surface area contributed by atoms with Crippen LogP contribution in [-0.2, 0) is 22.0 Å². The first-order chi connectivity index (χ1) is 13.9. The maximum absolute atomic E-state index is 12.8. The van der Waals surface area contributed by atoms with Crippen molar-refractivity contribution in [3.8, 4) is 5.75 Å². The molecule has 0 bridgehead atoms. The van der Waals surface area contributed by atoms with Gasteiger partial charge >= 0.3 is 0 Å². The van der Waals surface area contributed by atoms with Crippen LogP contribution < -0.4 is 10.7 Å². The first-order valence-electron chi connectivity index (χ1n) is 10.1. The van der Waals surface area contributed by atoms with Crippen molar-refractivity contribution in [1.82, 2.24) is 4.98 Å². The maximum atomic E-state index is 12.8. The van der Waals surface area contributed by atoms with E-state index in [2.05, 4.69) is 31.1 Å². The number of rotatable bonds is 3. The zero-order valence-corrected chi connectivity index (χ0v) is 18.5. The Balaban J connectivity index is 1.94. The summed E-state index contributed by atoms with van der Waals surface area (Å²) in [5, 5.41) is 14.0. The number of hydrogen-bond donors (Lipinski definition) is 3. The molecule has 0 radical (unpaired) electrons. The third-order valence-electron chi connectivity index (χ3n) is 5.24. The van der Waals surface area contributed by atoms with Crippen molar-refractivity contribution in [1.29, 1.82) is 0 Å². The van der Waals surface area contributed by atoms with Gasteiger partial charge in [-0.15, -0.1) is 0 Å². The van der Waals surface area contributed by atoms with E-state index in [1.807, 2.05) is 39.0 Å². The lowest BCUT2D eigenvalue weighted by atomic mass is 9.79. The summed E-state index contributed by atoms with van der Waals surface area (Å²) in [5.74, 6) is -0.154. The average molecular weight is 407 g/mol. The fraction of sp³-hybridized carbons (Fsp3) is 0.360. The number of aromatic hydroxyl groups is 1. The Kier molecular flexibility index (Phi) is 5.50. The van der Waals surface area contributed by atoms with Gasteiger partial charge in [-0.1, -0.05) is 53.7 Å². The number of nitrogens with one attached hydrogen (secondary N) is 2. The number of anilines is 1. The van der Waals surface area contributed by atoms with Crippen LogP contribution in [0.5, 0.6) is 5.75 Å². The largest absolute Gasteiger partial charge is 0.508 e. The van der Waals surface area contributed by atoms with Gasteiger partial charge < -0.3 is 15.4 Å². The minimum absolute atomic E-state index is 0.0501. The van der Waals surface area contributed by atoms with Gasteiger partial charge in [-0.05, 0) is 40.2 Å². The highest BCUT2D eigenvalue weighted by molar-refractivity contribution is 5.94. The molecule has 0 spiro atoms. The van der Waals surface area contributed by atoms with Gasteiger partial charge in [-0.3, -0.25) is 9.59 Å². The Labute approximate surface area is 177 Å². The number of phenolic OH excluding ortho intramolecular Hbond substituents is 1. The summed E-state index contributed by atoms with van der Waals surface area (Å²) in [6, 6.07) is 10.8. The van der Waals surface area contributed by atoms with E-state index in [9.17, 15) is 14.7 Å². The normalized spacial score (nSPS) is 12.2. The van der Waals surface area contributed by atoms with Crippen LogP contribution in [0.25, 0.3) is 10.9 Å². The number of para-hydroxylation sites is 1. The highest BCUT2D eigenvalue weighted by atomic mass is 16.3. The molecule has 158 valence electrons. The molecule has 30 heavy (non-hydrogen) atoms. The highest BCUT2D eigenvalue weighted by Gasteiger charge is 2.26. The standard InChI is InChI=1S/C25H30N2O3/c1-24(2,3)17-12-18(25(4,5)6)21(28)13-20(17)27-22(29)11-15-14-26-19-10-8-7-9-16(19)23(15)30/h7-10,12-14,28H,11H2,1-6H3,(H,26,30)(H,27,29). The Bertz CT molecular complexity index is 1160. The second-order valence-electron chi connectivity index (χ2n) is 9.83. The van der Waals surface area contributed by atoms with Gasteiger partial charge in [-0.25, -0.2) is 0 Å². The highest BCUT2D eigenvalue weighted by Crippen LogP contribution is 2.39.